The van der Waals surface area contributed by atoms with Gasteiger partial charge < -0.3 is 10.2 Å². The van der Waals surface area contributed by atoms with E-state index in [9.17, 15) is 0 Å². The van der Waals surface area contributed by atoms with Gasteiger partial charge in [-0.05, 0) is 42.5 Å². The van der Waals surface area contributed by atoms with E-state index in [0.29, 0.717) is 12.0 Å². The molecule has 0 saturated heterocycles. The first-order valence-corrected chi connectivity index (χ1v) is 7.64. The molecule has 1 saturated carbocycles. The van der Waals surface area contributed by atoms with Gasteiger partial charge in [0.2, 0.25) is 0 Å². The quantitative estimate of drug-likeness (QED) is 0.919. The molecule has 1 N–H and O–H groups in total. The van der Waals surface area contributed by atoms with Crippen LogP contribution in [0.4, 0.5) is 11.4 Å². The zero-order valence-corrected chi connectivity index (χ0v) is 13.1. The van der Waals surface area contributed by atoms with Gasteiger partial charge in [0, 0.05) is 31.4 Å². The van der Waals surface area contributed by atoms with Crippen LogP contribution in [0.15, 0.2) is 42.7 Å². The van der Waals surface area contributed by atoms with E-state index >= 15 is 0 Å². The molecule has 1 aromatic carbocycles. The molecule has 0 spiro atoms. The van der Waals surface area contributed by atoms with Crippen molar-refractivity contribution in [2.24, 2.45) is 0 Å². The van der Waals surface area contributed by atoms with Crippen molar-refractivity contribution in [3.63, 3.8) is 0 Å². The fourth-order valence-electron chi connectivity index (χ4n) is 2.85. The van der Waals surface area contributed by atoms with Crippen molar-refractivity contribution in [2.45, 2.75) is 24.8 Å². The minimum atomic E-state index is 0.522. The highest BCUT2D eigenvalue weighted by molar-refractivity contribution is 6.30. The second-order valence-electron chi connectivity index (χ2n) is 5.85. The molecule has 110 valence electrons. The van der Waals surface area contributed by atoms with Gasteiger partial charge in [0.25, 0.3) is 0 Å². The number of nitrogens with zero attached hydrogens (tertiary/aromatic N) is 2. The largest absolute Gasteiger partial charge is 0.379 e. The summed E-state index contributed by atoms with van der Waals surface area (Å²) in [4.78, 5) is 6.33. The summed E-state index contributed by atoms with van der Waals surface area (Å²) in [7, 11) is 4.11. The highest BCUT2D eigenvalue weighted by Crippen LogP contribution is 2.39. The van der Waals surface area contributed by atoms with Crippen molar-refractivity contribution in [3.8, 4) is 0 Å². The second-order valence-corrected chi connectivity index (χ2v) is 6.28. The summed E-state index contributed by atoms with van der Waals surface area (Å²) < 4.78 is 0. The maximum atomic E-state index is 5.94. The standard InChI is InChI=1S/C17H20ClN3/c1-21(2)17-7-8-19-11-16(17)20-15-9-13(10-15)12-3-5-14(18)6-4-12/h3-8,11,13,15,20H,9-10H2,1-2H3. The molecule has 0 radical (unpaired) electrons. The molecule has 3 nitrogen and oxygen atoms in total. The summed E-state index contributed by atoms with van der Waals surface area (Å²) in [5.74, 6) is 0.638. The fraction of sp³-hybridized carbons (Fsp3) is 0.353. The number of benzene rings is 1. The van der Waals surface area contributed by atoms with E-state index in [2.05, 4.69) is 41.4 Å². The van der Waals surface area contributed by atoms with E-state index in [1.807, 2.05) is 30.6 Å². The van der Waals surface area contributed by atoms with E-state index in [-0.39, 0.29) is 0 Å². The first-order chi connectivity index (χ1) is 10.1. The number of nitrogens with one attached hydrogen (secondary N) is 1. The van der Waals surface area contributed by atoms with Crippen LogP contribution in [0, 0.1) is 0 Å². The lowest BCUT2D eigenvalue weighted by molar-refractivity contribution is 0.374. The minimum absolute atomic E-state index is 0.522. The lowest BCUT2D eigenvalue weighted by Crippen LogP contribution is -2.34. The Hall–Kier alpha value is -1.74. The van der Waals surface area contributed by atoms with Crippen LogP contribution in [0.3, 0.4) is 0 Å². The Morgan fingerprint density at radius 3 is 2.52 bits per heavy atom. The van der Waals surface area contributed by atoms with Crippen LogP contribution in [0.25, 0.3) is 0 Å². The van der Waals surface area contributed by atoms with Crippen LogP contribution in [-0.4, -0.2) is 25.1 Å². The number of aromatic nitrogens is 1. The summed E-state index contributed by atoms with van der Waals surface area (Å²) in [6.45, 7) is 0. The third kappa shape index (κ3) is 3.13. The van der Waals surface area contributed by atoms with Gasteiger partial charge in [0.15, 0.2) is 0 Å². The third-order valence-corrected chi connectivity index (χ3v) is 4.37. The normalized spacial score (nSPS) is 20.7. The predicted octanol–water partition coefficient (Wildman–Crippen LogP) is 4.16. The molecule has 2 aromatic rings. The van der Waals surface area contributed by atoms with Gasteiger partial charge in [-0.3, -0.25) is 4.98 Å². The summed E-state index contributed by atoms with van der Waals surface area (Å²) in [5, 5.41) is 4.41. The van der Waals surface area contributed by atoms with Crippen molar-refractivity contribution in [1.82, 2.24) is 4.98 Å². The fourth-order valence-corrected chi connectivity index (χ4v) is 2.98. The molecule has 0 atom stereocenters. The maximum absolute atomic E-state index is 5.94. The number of pyridine rings is 1. The lowest BCUT2D eigenvalue weighted by atomic mass is 9.76. The van der Waals surface area contributed by atoms with Crippen molar-refractivity contribution in [1.29, 1.82) is 0 Å². The van der Waals surface area contributed by atoms with Crippen molar-refractivity contribution in [2.75, 3.05) is 24.3 Å². The van der Waals surface area contributed by atoms with Gasteiger partial charge in [-0.15, -0.1) is 0 Å². The number of anilines is 2. The molecule has 4 heteroatoms. The zero-order valence-electron chi connectivity index (χ0n) is 12.4. The molecular formula is C17H20ClN3. The Morgan fingerprint density at radius 2 is 1.86 bits per heavy atom. The van der Waals surface area contributed by atoms with E-state index in [0.717, 1.165) is 23.6 Å². The van der Waals surface area contributed by atoms with Crippen LogP contribution in [-0.2, 0) is 0 Å². The van der Waals surface area contributed by atoms with E-state index in [4.69, 9.17) is 11.6 Å². The van der Waals surface area contributed by atoms with Crippen LogP contribution in [0.5, 0.6) is 0 Å². The first kappa shape index (κ1) is 14.2. The Morgan fingerprint density at radius 1 is 1.14 bits per heavy atom. The topological polar surface area (TPSA) is 28.2 Å². The number of halogens is 1. The molecule has 0 unspecified atom stereocenters. The summed E-state index contributed by atoms with van der Waals surface area (Å²) in [5.41, 5.74) is 3.68. The second kappa shape index (κ2) is 5.94. The van der Waals surface area contributed by atoms with Crippen LogP contribution < -0.4 is 10.2 Å². The SMILES string of the molecule is CN(C)c1ccncc1NC1CC(c2ccc(Cl)cc2)C1. The van der Waals surface area contributed by atoms with Crippen LogP contribution in [0.1, 0.15) is 24.3 Å². The summed E-state index contributed by atoms with van der Waals surface area (Å²) >= 11 is 5.94. The average Bonchev–Trinajstić information content (AvgIpc) is 2.44. The van der Waals surface area contributed by atoms with Gasteiger partial charge in [0.1, 0.15) is 0 Å². The molecule has 0 amide bonds. The van der Waals surface area contributed by atoms with Gasteiger partial charge in [-0.1, -0.05) is 23.7 Å². The van der Waals surface area contributed by atoms with Crippen molar-refractivity contribution in [3.05, 3.63) is 53.3 Å². The highest BCUT2D eigenvalue weighted by Gasteiger charge is 2.30. The molecule has 1 heterocycles. The third-order valence-electron chi connectivity index (χ3n) is 4.12. The minimum Gasteiger partial charge on any atom is -0.379 e. The van der Waals surface area contributed by atoms with E-state index in [1.165, 1.54) is 11.3 Å². The number of hydrogen-bond donors (Lipinski definition) is 1. The molecule has 0 bridgehead atoms. The molecule has 21 heavy (non-hydrogen) atoms. The Balaban J connectivity index is 1.61. The predicted molar refractivity (Wildman–Crippen MR) is 89.4 cm³/mol. The van der Waals surface area contributed by atoms with Gasteiger partial charge in [-0.2, -0.15) is 0 Å². The molecule has 0 aliphatic heterocycles. The van der Waals surface area contributed by atoms with Gasteiger partial charge >= 0.3 is 0 Å². The molecule has 1 aliphatic rings. The number of rotatable bonds is 4. The van der Waals surface area contributed by atoms with E-state index in [1.54, 1.807) is 0 Å². The van der Waals surface area contributed by atoms with Crippen molar-refractivity contribution < 1.29 is 0 Å². The van der Waals surface area contributed by atoms with Crippen LogP contribution in [0.2, 0.25) is 5.02 Å². The smallest absolute Gasteiger partial charge is 0.0766 e. The monoisotopic (exact) mass is 301 g/mol. The van der Waals surface area contributed by atoms with Gasteiger partial charge in [-0.25, -0.2) is 0 Å². The Labute approximate surface area is 131 Å². The Bertz CT molecular complexity index is 604. The molecule has 1 fully saturated rings. The van der Waals surface area contributed by atoms with Crippen molar-refractivity contribution >= 4 is 23.0 Å². The summed E-state index contributed by atoms with van der Waals surface area (Å²) in [6, 6.07) is 10.8. The molecule has 3 rings (SSSR count). The van der Waals surface area contributed by atoms with Gasteiger partial charge in [0.05, 0.1) is 17.6 Å². The van der Waals surface area contributed by atoms with Crippen LogP contribution >= 0.6 is 11.6 Å². The lowest BCUT2D eigenvalue weighted by Gasteiger charge is -2.37. The van der Waals surface area contributed by atoms with E-state index < -0.39 is 0 Å². The highest BCUT2D eigenvalue weighted by atomic mass is 35.5. The number of hydrogen-bond acceptors (Lipinski definition) is 3. The maximum Gasteiger partial charge on any atom is 0.0766 e. The summed E-state index contributed by atoms with van der Waals surface area (Å²) in [6.07, 6.45) is 6.05. The average molecular weight is 302 g/mol. The molecule has 1 aliphatic carbocycles. The Kier molecular flexibility index (Phi) is 4.02. The molecule has 1 aromatic heterocycles. The zero-order chi connectivity index (χ0) is 14.8. The first-order valence-electron chi connectivity index (χ1n) is 7.27. The molecular weight excluding hydrogens is 282 g/mol.